The highest BCUT2D eigenvalue weighted by Gasteiger charge is 2.57. The van der Waals surface area contributed by atoms with Gasteiger partial charge in [0.05, 0.1) is 48.4 Å². The fraction of sp³-hybridized carbons (Fsp3) is 0.280. The lowest BCUT2D eigenvalue weighted by Crippen LogP contribution is -2.44. The van der Waals surface area contributed by atoms with Crippen LogP contribution in [0.3, 0.4) is 0 Å². The van der Waals surface area contributed by atoms with Gasteiger partial charge in [-0.05, 0) is 95.2 Å². The molecule has 2 aliphatic heterocycles. The summed E-state index contributed by atoms with van der Waals surface area (Å²) in [4.78, 5) is 74.1. The van der Waals surface area contributed by atoms with E-state index in [2.05, 4.69) is 69.1 Å². The average molecular weight is 855 g/mol. The summed E-state index contributed by atoms with van der Waals surface area (Å²) in [5, 5.41) is 5.53. The number of aromatic nitrogens is 4. The van der Waals surface area contributed by atoms with Crippen LogP contribution in [0.4, 0.5) is 9.59 Å². The highest BCUT2D eigenvalue weighted by molar-refractivity contribution is 5.90. The molecule has 8 atom stereocenters. The number of likely N-dealkylation sites (tertiary alicyclic amines) is 2. The van der Waals surface area contributed by atoms with Crippen molar-refractivity contribution >= 4 is 46.1 Å². The second kappa shape index (κ2) is 15.7. The van der Waals surface area contributed by atoms with Crippen molar-refractivity contribution in [2.45, 2.75) is 61.9 Å². The quantitative estimate of drug-likeness (QED) is 0.106. The molecule has 2 aliphatic carbocycles. The molecule has 4 amide bonds. The number of alkyl carbamates (subject to hydrolysis) is 2. The third-order valence-electron chi connectivity index (χ3n) is 13.6. The standard InChI is InChI=1S/C50H46N8O6/c1-63-49(61)55-43(29-9-5-3-6-10-29)47(59)57-39-23-33(39)25-41(57)45-51-35-19-17-31(21-37(35)53-45)27-13-15-28(16-14-27)32-18-20-36-38(22-32)54-46(52-36)42-26-34-24-40(34)58(42)48(60)44(56-50(62)64-2)30-11-7-4-8-12-30/h3-22,33-34,39-44H,23-26H2,1-2H3,(H,51,53)(H,52,54)(H,55,61)(H,56,62)/t33-,34-,39-,40-,41+,42+,43?,44?/m1/s1. The van der Waals surface area contributed by atoms with Crippen molar-refractivity contribution in [2.24, 2.45) is 11.8 Å². The Bertz CT molecular complexity index is 2740. The largest absolute Gasteiger partial charge is 0.453 e. The number of hydrogen-bond donors (Lipinski definition) is 4. The SMILES string of the molecule is COC(=O)NC(C(=O)N1[C@@H]2C[C@@H]2C[C@H]1c1nc2ccc(-c3ccc(-c4ccc5nc([C@@H]6C[C@H]7C[C@H]7N6C(=O)C(NC(=O)OC)c6ccccc6)[nH]c5c4)cc3)cc2[nH]1)c1ccccc1. The van der Waals surface area contributed by atoms with Gasteiger partial charge in [0.1, 0.15) is 23.7 Å². The van der Waals surface area contributed by atoms with Crippen LogP contribution in [0.15, 0.2) is 121 Å². The van der Waals surface area contributed by atoms with Gasteiger partial charge in [-0.25, -0.2) is 19.6 Å². The van der Waals surface area contributed by atoms with E-state index >= 15 is 0 Å². The lowest BCUT2D eigenvalue weighted by Gasteiger charge is -2.30. The summed E-state index contributed by atoms with van der Waals surface area (Å²) >= 11 is 0. The first-order valence-corrected chi connectivity index (χ1v) is 21.8. The number of hydrogen-bond acceptors (Lipinski definition) is 8. The third kappa shape index (κ3) is 7.08. The van der Waals surface area contributed by atoms with Crippen molar-refractivity contribution in [1.82, 2.24) is 40.4 Å². The van der Waals surface area contributed by atoms with Gasteiger partial charge in [0.15, 0.2) is 0 Å². The summed E-state index contributed by atoms with van der Waals surface area (Å²) in [6.45, 7) is 0. The second-order valence-electron chi connectivity index (χ2n) is 17.4. The zero-order valence-corrected chi connectivity index (χ0v) is 35.2. The number of carbonyl (C=O) groups excluding carboxylic acids is 4. The summed E-state index contributed by atoms with van der Waals surface area (Å²) in [6.07, 6.45) is 2.17. The van der Waals surface area contributed by atoms with Gasteiger partial charge in [0, 0.05) is 12.1 Å². The Labute approximate surface area is 368 Å². The summed E-state index contributed by atoms with van der Waals surface area (Å²) in [6, 6.07) is 37.3. The Kier molecular flexibility index (Phi) is 9.66. The highest BCUT2D eigenvalue weighted by Crippen LogP contribution is 2.55. The van der Waals surface area contributed by atoms with Gasteiger partial charge in [-0.15, -0.1) is 0 Å². The molecule has 322 valence electrons. The first kappa shape index (κ1) is 39.4. The van der Waals surface area contributed by atoms with E-state index < -0.39 is 24.3 Å². The van der Waals surface area contributed by atoms with E-state index in [0.29, 0.717) is 23.0 Å². The number of ether oxygens (including phenoxy) is 2. The predicted molar refractivity (Wildman–Crippen MR) is 238 cm³/mol. The molecule has 2 saturated heterocycles. The number of methoxy groups -OCH3 is 2. The van der Waals surface area contributed by atoms with Crippen LogP contribution in [0.2, 0.25) is 0 Å². The Hall–Kier alpha value is -7.48. The van der Waals surface area contributed by atoms with E-state index in [9.17, 15) is 19.2 Å². The molecule has 4 fully saturated rings. The van der Waals surface area contributed by atoms with E-state index in [-0.39, 0.29) is 36.0 Å². The summed E-state index contributed by atoms with van der Waals surface area (Å²) in [7, 11) is 2.59. The summed E-state index contributed by atoms with van der Waals surface area (Å²) in [5.41, 5.74) is 8.94. The number of imidazole rings is 2. The molecule has 0 radical (unpaired) electrons. The van der Waals surface area contributed by atoms with Gasteiger partial charge < -0.3 is 39.9 Å². The van der Waals surface area contributed by atoms with Crippen molar-refractivity contribution in [2.75, 3.05) is 14.2 Å². The van der Waals surface area contributed by atoms with Crippen molar-refractivity contribution in [3.63, 3.8) is 0 Å². The van der Waals surface area contributed by atoms with E-state index in [1.807, 2.05) is 82.6 Å². The molecule has 0 bridgehead atoms. The fourth-order valence-corrected chi connectivity index (χ4v) is 10.1. The molecule has 0 spiro atoms. The molecule has 4 N–H and O–H groups in total. The van der Waals surface area contributed by atoms with Gasteiger partial charge in [0.2, 0.25) is 0 Å². The normalized spacial score (nSPS) is 22.7. The van der Waals surface area contributed by atoms with E-state index in [0.717, 1.165) is 81.7 Å². The maximum atomic E-state index is 14.2. The minimum atomic E-state index is -0.878. The first-order valence-electron chi connectivity index (χ1n) is 21.8. The molecule has 14 nitrogen and oxygen atoms in total. The Morgan fingerprint density at radius 2 is 0.938 bits per heavy atom. The molecule has 64 heavy (non-hydrogen) atoms. The molecular formula is C50H46N8O6. The number of aromatic amines is 2. The maximum absolute atomic E-state index is 14.2. The number of rotatable bonds is 10. The van der Waals surface area contributed by atoms with Gasteiger partial charge in [0.25, 0.3) is 11.8 Å². The minimum Gasteiger partial charge on any atom is -0.453 e. The van der Waals surface area contributed by atoms with Crippen LogP contribution in [0.1, 0.15) is 72.6 Å². The topological polar surface area (TPSA) is 175 Å². The van der Waals surface area contributed by atoms with Crippen LogP contribution in [0, 0.1) is 11.8 Å². The van der Waals surface area contributed by atoms with E-state index in [4.69, 9.17) is 19.4 Å². The molecular weight excluding hydrogens is 809 g/mol. The molecule has 2 unspecified atom stereocenters. The van der Waals surface area contributed by atoms with Crippen LogP contribution in [0.25, 0.3) is 44.3 Å². The number of nitrogens with zero attached hydrogens (tertiary/aromatic N) is 4. The summed E-state index contributed by atoms with van der Waals surface area (Å²) < 4.78 is 9.77. The average Bonchev–Trinajstić information content (AvgIpc) is 4.00. The highest BCUT2D eigenvalue weighted by atomic mass is 16.5. The van der Waals surface area contributed by atoms with Crippen molar-refractivity contribution in [1.29, 1.82) is 0 Å². The molecule has 7 aromatic rings. The van der Waals surface area contributed by atoms with Crippen molar-refractivity contribution < 1.29 is 28.7 Å². The molecule has 4 aliphatic rings. The molecule has 5 aromatic carbocycles. The van der Waals surface area contributed by atoms with Crippen LogP contribution in [-0.2, 0) is 19.1 Å². The molecule has 2 aromatic heterocycles. The lowest BCUT2D eigenvalue weighted by atomic mass is 10.00. The minimum absolute atomic E-state index is 0.108. The number of benzene rings is 5. The number of amides is 4. The van der Waals surface area contributed by atoms with Gasteiger partial charge in [-0.1, -0.05) is 97.1 Å². The van der Waals surface area contributed by atoms with Crippen LogP contribution in [-0.4, -0.2) is 80.0 Å². The fourth-order valence-electron chi connectivity index (χ4n) is 10.1. The number of H-pyrrole nitrogens is 2. The Morgan fingerprint density at radius 1 is 0.547 bits per heavy atom. The van der Waals surface area contributed by atoms with Crippen LogP contribution < -0.4 is 10.6 Å². The number of fused-ring (bicyclic) bond motifs is 4. The van der Waals surface area contributed by atoms with Gasteiger partial charge in [-0.3, -0.25) is 9.59 Å². The smallest absolute Gasteiger partial charge is 0.407 e. The van der Waals surface area contributed by atoms with Crippen molar-refractivity contribution in [3.05, 3.63) is 144 Å². The number of piperidine rings is 2. The lowest BCUT2D eigenvalue weighted by molar-refractivity contribution is -0.136. The van der Waals surface area contributed by atoms with Crippen LogP contribution in [0.5, 0.6) is 0 Å². The molecule has 14 heteroatoms. The molecule has 2 saturated carbocycles. The van der Waals surface area contributed by atoms with Crippen molar-refractivity contribution in [3.8, 4) is 22.3 Å². The molecule has 11 rings (SSSR count). The number of nitrogens with one attached hydrogen (secondary N) is 4. The first-order chi connectivity index (χ1) is 31.2. The second-order valence-corrected chi connectivity index (χ2v) is 17.4. The zero-order chi connectivity index (χ0) is 43.6. The summed E-state index contributed by atoms with van der Waals surface area (Å²) in [5.74, 6) is 1.93. The molecule has 4 heterocycles. The third-order valence-corrected chi connectivity index (χ3v) is 13.6. The number of carbonyl (C=O) groups is 4. The van der Waals surface area contributed by atoms with Gasteiger partial charge in [-0.2, -0.15) is 0 Å². The van der Waals surface area contributed by atoms with Crippen LogP contribution >= 0.6 is 0 Å². The zero-order valence-electron chi connectivity index (χ0n) is 35.2. The van der Waals surface area contributed by atoms with E-state index in [1.54, 1.807) is 0 Å². The maximum Gasteiger partial charge on any atom is 0.407 e. The Balaban J connectivity index is 0.812. The monoisotopic (exact) mass is 854 g/mol. The van der Waals surface area contributed by atoms with Gasteiger partial charge >= 0.3 is 12.2 Å². The predicted octanol–water partition coefficient (Wildman–Crippen LogP) is 8.29. The Morgan fingerprint density at radius 3 is 1.33 bits per heavy atom. The van der Waals surface area contributed by atoms with E-state index in [1.165, 1.54) is 14.2 Å².